The molecular weight excluding hydrogens is 526 g/mol. The summed E-state index contributed by atoms with van der Waals surface area (Å²) in [6, 6.07) is 34.0. The van der Waals surface area contributed by atoms with Gasteiger partial charge >= 0.3 is 0 Å². The molecule has 4 heteroatoms. The van der Waals surface area contributed by atoms with Gasteiger partial charge in [-0.25, -0.2) is 15.0 Å². The van der Waals surface area contributed by atoms with Crippen LogP contribution in [0.25, 0.3) is 88.4 Å². The van der Waals surface area contributed by atoms with Gasteiger partial charge in [-0.2, -0.15) is 0 Å². The highest BCUT2D eigenvalue weighted by Crippen LogP contribution is 2.38. The first-order chi connectivity index (χ1) is 23.4. The molecule has 0 aliphatic heterocycles. The lowest BCUT2D eigenvalue weighted by atomic mass is 9.99. The maximum absolute atomic E-state index is 8.72. The third-order valence-electron chi connectivity index (χ3n) is 7.97. The van der Waals surface area contributed by atoms with Crippen LogP contribution in [0.5, 0.6) is 0 Å². The van der Waals surface area contributed by atoms with Crippen LogP contribution in [-0.4, -0.2) is 15.0 Å². The Morgan fingerprint density at radius 3 is 1.98 bits per heavy atom. The van der Waals surface area contributed by atoms with Gasteiger partial charge in [-0.1, -0.05) is 115 Å². The minimum Gasteiger partial charge on any atom is -0.456 e. The molecule has 0 unspecified atom stereocenters. The van der Waals surface area contributed by atoms with Crippen LogP contribution in [0.1, 0.15) is 6.85 Å². The Morgan fingerprint density at radius 1 is 0.465 bits per heavy atom. The van der Waals surface area contributed by atoms with E-state index in [4.69, 9.17) is 26.2 Å². The number of aromatic nitrogens is 3. The second kappa shape index (κ2) is 9.33. The molecule has 43 heavy (non-hydrogen) atoms. The smallest absolute Gasteiger partial charge is 0.164 e. The molecule has 9 rings (SSSR count). The first-order valence-corrected chi connectivity index (χ1v) is 14.0. The Balaban J connectivity index is 1.36. The highest BCUT2D eigenvalue weighted by Gasteiger charge is 2.18. The molecule has 0 atom stereocenters. The van der Waals surface area contributed by atoms with Crippen molar-refractivity contribution < 1.29 is 11.3 Å². The van der Waals surface area contributed by atoms with Crippen molar-refractivity contribution in [2.45, 2.75) is 0 Å². The average molecular weight is 555 g/mol. The van der Waals surface area contributed by atoms with E-state index in [-0.39, 0.29) is 23.5 Å². The molecule has 0 spiro atoms. The first-order valence-electron chi connectivity index (χ1n) is 16.5. The zero-order valence-electron chi connectivity index (χ0n) is 27.6. The van der Waals surface area contributed by atoms with E-state index >= 15 is 0 Å². The minimum atomic E-state index is -0.480. The van der Waals surface area contributed by atoms with Crippen LogP contribution in [0.4, 0.5) is 0 Å². The third-order valence-corrected chi connectivity index (χ3v) is 7.97. The van der Waals surface area contributed by atoms with Crippen LogP contribution >= 0.6 is 0 Å². The Morgan fingerprint density at radius 2 is 1.14 bits per heavy atom. The SMILES string of the molecule is [2H]c1c([2H])c([2H])c(-c2nc(-c3ccc4ccc5ccccc5c4c3)nc(-c3cccc4oc5cc6ccccc6cc5c34)n2)c([2H])c1[2H]. The van der Waals surface area contributed by atoms with Gasteiger partial charge in [0.05, 0.1) is 6.85 Å². The Bertz CT molecular complexity index is 2780. The Kier molecular flexibility index (Phi) is 4.18. The molecule has 2 aromatic heterocycles. The fraction of sp³-hybridized carbons (Fsp3) is 0. The molecule has 0 saturated carbocycles. The van der Waals surface area contributed by atoms with Crippen molar-refractivity contribution in [2.24, 2.45) is 0 Å². The molecule has 0 fully saturated rings. The van der Waals surface area contributed by atoms with E-state index in [1.165, 1.54) is 0 Å². The quantitative estimate of drug-likeness (QED) is 0.204. The molecule has 7 aromatic carbocycles. The van der Waals surface area contributed by atoms with Gasteiger partial charge in [-0.15, -0.1) is 0 Å². The topological polar surface area (TPSA) is 51.8 Å². The summed E-state index contributed by atoms with van der Waals surface area (Å²) in [5, 5.41) is 8.08. The summed E-state index contributed by atoms with van der Waals surface area (Å²) in [6.45, 7) is 0. The Hall–Kier alpha value is -5.87. The standard InChI is InChI=1S/C39H23N3O/c1-2-10-26(11-3-1)37-40-38(29-20-19-25-18-17-24-9-6-7-14-30(24)32(25)22-29)42-39(41-37)31-15-8-16-34-36(31)33-21-27-12-4-5-13-28(27)23-35(33)43-34/h1-23H/i1D,2D,3D,10D,11D. The van der Waals surface area contributed by atoms with Crippen molar-refractivity contribution in [1.29, 1.82) is 0 Å². The lowest BCUT2D eigenvalue weighted by Crippen LogP contribution is -2.00. The molecule has 0 aliphatic rings. The van der Waals surface area contributed by atoms with Crippen molar-refractivity contribution in [2.75, 3.05) is 0 Å². The van der Waals surface area contributed by atoms with E-state index in [2.05, 4.69) is 36.4 Å². The fourth-order valence-corrected chi connectivity index (χ4v) is 5.94. The highest BCUT2D eigenvalue weighted by molar-refractivity contribution is 6.15. The van der Waals surface area contributed by atoms with Crippen LogP contribution in [0.3, 0.4) is 0 Å². The van der Waals surface area contributed by atoms with Gasteiger partial charge in [0.1, 0.15) is 11.2 Å². The molecule has 0 N–H and O–H groups in total. The minimum absolute atomic E-state index is 0.0136. The number of benzene rings is 7. The van der Waals surface area contributed by atoms with Gasteiger partial charge in [-0.05, 0) is 56.6 Å². The first kappa shape index (κ1) is 19.3. The largest absolute Gasteiger partial charge is 0.456 e. The predicted molar refractivity (Wildman–Crippen MR) is 176 cm³/mol. The van der Waals surface area contributed by atoms with Crippen molar-refractivity contribution in [3.63, 3.8) is 0 Å². The van der Waals surface area contributed by atoms with E-state index in [1.54, 1.807) is 0 Å². The van der Waals surface area contributed by atoms with Gasteiger partial charge < -0.3 is 4.42 Å². The molecular formula is C39H23N3O. The van der Waals surface area contributed by atoms with Gasteiger partial charge in [0.2, 0.25) is 0 Å². The van der Waals surface area contributed by atoms with Crippen molar-refractivity contribution >= 4 is 54.3 Å². The van der Waals surface area contributed by atoms with Gasteiger partial charge in [0.15, 0.2) is 17.5 Å². The molecule has 2 heterocycles. The van der Waals surface area contributed by atoms with Gasteiger partial charge in [-0.3, -0.25) is 0 Å². The summed E-state index contributed by atoms with van der Waals surface area (Å²) in [6.07, 6.45) is 0. The van der Waals surface area contributed by atoms with Crippen molar-refractivity contribution in [3.8, 4) is 34.2 Å². The fourth-order valence-electron chi connectivity index (χ4n) is 5.94. The number of nitrogens with zero attached hydrogens (tertiary/aromatic N) is 3. The lowest BCUT2D eigenvalue weighted by molar-refractivity contribution is 0.669. The van der Waals surface area contributed by atoms with E-state index in [1.807, 2.05) is 72.8 Å². The van der Waals surface area contributed by atoms with Crippen LogP contribution in [0, 0.1) is 0 Å². The monoisotopic (exact) mass is 554 g/mol. The molecule has 0 saturated heterocycles. The zero-order valence-corrected chi connectivity index (χ0v) is 22.6. The number of hydrogen-bond donors (Lipinski definition) is 0. The maximum Gasteiger partial charge on any atom is 0.164 e. The lowest BCUT2D eigenvalue weighted by Gasteiger charge is -2.10. The number of fused-ring (bicyclic) bond motifs is 7. The van der Waals surface area contributed by atoms with Crippen molar-refractivity contribution in [1.82, 2.24) is 15.0 Å². The molecule has 4 nitrogen and oxygen atoms in total. The predicted octanol–water partition coefficient (Wildman–Crippen LogP) is 10.2. The highest BCUT2D eigenvalue weighted by atomic mass is 16.3. The van der Waals surface area contributed by atoms with E-state index in [0.717, 1.165) is 48.7 Å². The molecule has 0 radical (unpaired) electrons. The normalized spacial score (nSPS) is 13.3. The van der Waals surface area contributed by atoms with Crippen LogP contribution in [-0.2, 0) is 0 Å². The van der Waals surface area contributed by atoms with Gasteiger partial charge in [0, 0.05) is 27.5 Å². The average Bonchev–Trinajstić information content (AvgIpc) is 3.49. The van der Waals surface area contributed by atoms with Crippen molar-refractivity contribution in [3.05, 3.63) is 139 Å². The summed E-state index contributed by atoms with van der Waals surface area (Å²) in [7, 11) is 0. The molecule has 0 aliphatic carbocycles. The number of hydrogen-bond acceptors (Lipinski definition) is 4. The molecule has 9 aromatic rings. The second-order valence-corrected chi connectivity index (χ2v) is 10.5. The van der Waals surface area contributed by atoms with E-state index in [0.29, 0.717) is 28.4 Å². The molecule has 0 bridgehead atoms. The summed E-state index contributed by atoms with van der Waals surface area (Å²) in [5.41, 5.74) is 2.66. The zero-order chi connectivity index (χ0) is 32.7. The van der Waals surface area contributed by atoms with Crippen LogP contribution in [0.15, 0.2) is 144 Å². The Labute approximate surface area is 253 Å². The van der Waals surface area contributed by atoms with Gasteiger partial charge in [0.25, 0.3) is 0 Å². The van der Waals surface area contributed by atoms with Crippen LogP contribution < -0.4 is 0 Å². The second-order valence-electron chi connectivity index (χ2n) is 10.5. The number of rotatable bonds is 3. The summed E-state index contributed by atoms with van der Waals surface area (Å²) >= 11 is 0. The third kappa shape index (κ3) is 3.88. The van der Waals surface area contributed by atoms with E-state index < -0.39 is 18.1 Å². The number of furan rings is 1. The summed E-state index contributed by atoms with van der Waals surface area (Å²) in [4.78, 5) is 14.6. The maximum atomic E-state index is 8.72. The molecule has 0 amide bonds. The molecule has 200 valence electrons. The summed E-state index contributed by atoms with van der Waals surface area (Å²) < 4.78 is 48.6. The van der Waals surface area contributed by atoms with Crippen LogP contribution in [0.2, 0.25) is 0 Å². The summed E-state index contributed by atoms with van der Waals surface area (Å²) in [5.74, 6) is 0.591. The van der Waals surface area contributed by atoms with E-state index in [9.17, 15) is 0 Å².